The van der Waals surface area contributed by atoms with E-state index in [0.717, 1.165) is 6.54 Å². The highest BCUT2D eigenvalue weighted by Gasteiger charge is 2.32. The Morgan fingerprint density at radius 3 is 2.33 bits per heavy atom. The first-order valence-electron chi connectivity index (χ1n) is 5.52. The van der Waals surface area contributed by atoms with E-state index in [0.29, 0.717) is 6.92 Å². The van der Waals surface area contributed by atoms with E-state index >= 15 is 0 Å². The second kappa shape index (κ2) is 7.73. The number of unbranched alkanes of at least 4 members (excludes halogenated alkanes) is 1. The minimum atomic E-state index is -4.83. The quantitative estimate of drug-likeness (QED) is 0.621. The first-order valence-corrected chi connectivity index (χ1v) is 5.52. The van der Waals surface area contributed by atoms with Gasteiger partial charge in [0.1, 0.15) is 12.4 Å². The van der Waals surface area contributed by atoms with Gasteiger partial charge in [0.05, 0.1) is 13.6 Å². The molecule has 0 spiro atoms. The Morgan fingerprint density at radius 1 is 1.44 bits per heavy atom. The Labute approximate surface area is 104 Å². The molecule has 0 amide bonds. The predicted molar refractivity (Wildman–Crippen MR) is 58.3 cm³/mol. The van der Waals surface area contributed by atoms with Crippen LogP contribution in [0.4, 0.5) is 13.2 Å². The van der Waals surface area contributed by atoms with Crippen molar-refractivity contribution in [3.05, 3.63) is 18.7 Å². The van der Waals surface area contributed by atoms with E-state index in [2.05, 4.69) is 39.5 Å². The highest BCUT2D eigenvalue weighted by Crippen LogP contribution is 2.15. The van der Waals surface area contributed by atoms with Crippen molar-refractivity contribution < 1.29 is 27.3 Å². The Kier molecular flexibility index (Phi) is 7.07. The minimum Gasteiger partial charge on any atom is -0.373 e. The summed E-state index contributed by atoms with van der Waals surface area (Å²) in [4.78, 5) is 9.52. The SMILES string of the molecule is CC(=O)OC(F)(F)F.CCCCn1cc[n+](C)c1. The molecule has 0 aliphatic heterocycles. The number of halogens is 3. The average Bonchev–Trinajstić information content (AvgIpc) is 2.58. The van der Waals surface area contributed by atoms with Crippen molar-refractivity contribution in [2.75, 3.05) is 0 Å². The van der Waals surface area contributed by atoms with Crippen LogP contribution in [-0.2, 0) is 23.1 Å². The van der Waals surface area contributed by atoms with Crippen LogP contribution < -0.4 is 4.57 Å². The lowest BCUT2D eigenvalue weighted by atomic mass is 10.3. The van der Waals surface area contributed by atoms with Gasteiger partial charge in [-0.05, 0) is 6.42 Å². The molecule has 7 heteroatoms. The van der Waals surface area contributed by atoms with Crippen molar-refractivity contribution in [3.8, 4) is 0 Å². The zero-order valence-electron chi connectivity index (χ0n) is 10.7. The Balaban J connectivity index is 0.000000331. The maximum absolute atomic E-state index is 10.9. The van der Waals surface area contributed by atoms with Gasteiger partial charge in [0, 0.05) is 6.92 Å². The van der Waals surface area contributed by atoms with Crippen molar-refractivity contribution in [1.82, 2.24) is 4.57 Å². The van der Waals surface area contributed by atoms with E-state index in [1.165, 1.54) is 12.8 Å². The van der Waals surface area contributed by atoms with Crippen LogP contribution >= 0.6 is 0 Å². The predicted octanol–water partition coefficient (Wildman–Crippen LogP) is 2.18. The molecule has 104 valence electrons. The number of alkyl halides is 3. The molecule has 1 heterocycles. The average molecular weight is 267 g/mol. The normalized spacial score (nSPS) is 10.6. The summed E-state index contributed by atoms with van der Waals surface area (Å²) in [6, 6.07) is 0. The third kappa shape index (κ3) is 9.68. The van der Waals surface area contributed by atoms with Gasteiger partial charge in [0.25, 0.3) is 0 Å². The number of carbonyl (C=O) groups is 1. The van der Waals surface area contributed by atoms with Gasteiger partial charge in [-0.2, -0.15) is 0 Å². The summed E-state index contributed by atoms with van der Waals surface area (Å²) in [6.07, 6.45) is 3.99. The first kappa shape index (κ1) is 16.5. The summed E-state index contributed by atoms with van der Waals surface area (Å²) < 4.78 is 39.7. The molecule has 0 saturated heterocycles. The van der Waals surface area contributed by atoms with Crippen LogP contribution in [0.2, 0.25) is 0 Å². The highest BCUT2D eigenvalue weighted by molar-refractivity contribution is 5.66. The Hall–Kier alpha value is -1.53. The van der Waals surface area contributed by atoms with E-state index in [1.807, 2.05) is 7.05 Å². The van der Waals surface area contributed by atoms with Crippen molar-refractivity contribution in [2.24, 2.45) is 7.05 Å². The Morgan fingerprint density at radius 2 is 2.06 bits per heavy atom. The molecule has 0 unspecified atom stereocenters. The number of ether oxygens (including phenoxy) is 1. The lowest BCUT2D eigenvalue weighted by Crippen LogP contribution is -2.23. The van der Waals surface area contributed by atoms with Gasteiger partial charge in [0.2, 0.25) is 6.33 Å². The molecule has 0 fully saturated rings. The minimum absolute atomic E-state index is 0.688. The van der Waals surface area contributed by atoms with Crippen molar-refractivity contribution in [1.29, 1.82) is 0 Å². The lowest BCUT2D eigenvalue weighted by molar-refractivity contribution is -0.671. The number of aromatic nitrogens is 2. The summed E-state index contributed by atoms with van der Waals surface area (Å²) in [5.74, 6) is -1.35. The van der Waals surface area contributed by atoms with Gasteiger partial charge in [-0.25, -0.2) is 9.13 Å². The zero-order valence-corrected chi connectivity index (χ0v) is 10.7. The lowest BCUT2D eigenvalue weighted by Gasteiger charge is -2.02. The van der Waals surface area contributed by atoms with Crippen LogP contribution in [-0.4, -0.2) is 16.9 Å². The standard InChI is InChI=1S/C8H15N2.C3H3F3O2/c1-3-4-5-10-7-6-9(2)8-10;1-2(7)8-3(4,5)6/h6-8H,3-5H2,1-2H3;1H3/q+1;. The van der Waals surface area contributed by atoms with Crippen LogP contribution in [0.25, 0.3) is 0 Å². The third-order valence-electron chi connectivity index (χ3n) is 1.85. The second-order valence-corrected chi connectivity index (χ2v) is 3.71. The maximum Gasteiger partial charge on any atom is 0.575 e. The van der Waals surface area contributed by atoms with E-state index in [4.69, 9.17) is 0 Å². The molecule has 0 aromatic carbocycles. The topological polar surface area (TPSA) is 35.1 Å². The number of rotatable bonds is 3. The highest BCUT2D eigenvalue weighted by atomic mass is 19.4. The molecular weight excluding hydrogens is 249 g/mol. The molecule has 0 N–H and O–H groups in total. The van der Waals surface area contributed by atoms with Crippen LogP contribution in [0.3, 0.4) is 0 Å². The first-order chi connectivity index (χ1) is 8.24. The summed E-state index contributed by atoms with van der Waals surface area (Å²) in [6.45, 7) is 4.05. The van der Waals surface area contributed by atoms with E-state index in [9.17, 15) is 18.0 Å². The van der Waals surface area contributed by atoms with Crippen LogP contribution in [0.15, 0.2) is 18.7 Å². The fourth-order valence-electron chi connectivity index (χ4n) is 1.14. The molecule has 18 heavy (non-hydrogen) atoms. The van der Waals surface area contributed by atoms with Crippen LogP contribution in [0.1, 0.15) is 26.7 Å². The van der Waals surface area contributed by atoms with Gasteiger partial charge < -0.3 is 4.74 Å². The number of esters is 1. The molecule has 0 aliphatic rings. The molecule has 0 aliphatic carbocycles. The molecule has 4 nitrogen and oxygen atoms in total. The van der Waals surface area contributed by atoms with Gasteiger partial charge in [-0.3, -0.25) is 4.79 Å². The summed E-state index contributed by atoms with van der Waals surface area (Å²) in [5, 5.41) is 0. The van der Waals surface area contributed by atoms with Gasteiger partial charge in [0.15, 0.2) is 0 Å². The van der Waals surface area contributed by atoms with E-state index in [-0.39, 0.29) is 0 Å². The fourth-order valence-corrected chi connectivity index (χ4v) is 1.14. The molecule has 1 aromatic heterocycles. The third-order valence-corrected chi connectivity index (χ3v) is 1.85. The molecule has 0 bridgehead atoms. The second-order valence-electron chi connectivity index (χ2n) is 3.71. The molecule has 0 atom stereocenters. The number of imidazole rings is 1. The molecular formula is C11H18F3N2O2+. The number of nitrogens with zero attached hydrogens (tertiary/aromatic N) is 2. The number of carbonyl (C=O) groups excluding carboxylic acids is 1. The van der Waals surface area contributed by atoms with Gasteiger partial charge >= 0.3 is 12.3 Å². The number of hydrogen-bond acceptors (Lipinski definition) is 2. The monoisotopic (exact) mass is 267 g/mol. The fraction of sp³-hybridized carbons (Fsp3) is 0.636. The van der Waals surface area contributed by atoms with Gasteiger partial charge in [-0.1, -0.05) is 13.3 Å². The number of aryl methyl sites for hydroxylation is 2. The molecule has 0 saturated carbocycles. The van der Waals surface area contributed by atoms with Gasteiger partial charge in [-0.15, -0.1) is 13.2 Å². The van der Waals surface area contributed by atoms with Crippen molar-refractivity contribution in [2.45, 2.75) is 39.6 Å². The summed E-state index contributed by atoms with van der Waals surface area (Å²) in [7, 11) is 2.04. The van der Waals surface area contributed by atoms with Crippen molar-refractivity contribution in [3.63, 3.8) is 0 Å². The summed E-state index contributed by atoms with van der Waals surface area (Å²) >= 11 is 0. The van der Waals surface area contributed by atoms with Crippen LogP contribution in [0, 0.1) is 0 Å². The van der Waals surface area contributed by atoms with Crippen molar-refractivity contribution >= 4 is 5.97 Å². The smallest absolute Gasteiger partial charge is 0.373 e. The Bertz CT molecular complexity index is 361. The molecule has 1 rings (SSSR count). The summed E-state index contributed by atoms with van der Waals surface area (Å²) in [5.41, 5.74) is 0. The maximum atomic E-state index is 10.9. The van der Waals surface area contributed by atoms with E-state index < -0.39 is 12.3 Å². The zero-order chi connectivity index (χ0) is 14.2. The number of hydrogen-bond donors (Lipinski definition) is 0. The van der Waals surface area contributed by atoms with Crippen LogP contribution in [0.5, 0.6) is 0 Å². The molecule has 0 radical (unpaired) electrons. The molecule has 1 aromatic rings. The largest absolute Gasteiger partial charge is 0.575 e. The van der Waals surface area contributed by atoms with E-state index in [1.54, 1.807) is 0 Å².